The molecule has 2 amide bonds. The van der Waals surface area contributed by atoms with Gasteiger partial charge in [0.15, 0.2) is 10.4 Å². The molecule has 3 aromatic rings. The highest BCUT2D eigenvalue weighted by atomic mass is 79.9. The Bertz CT molecular complexity index is 1050. The van der Waals surface area contributed by atoms with Gasteiger partial charge in [-0.1, -0.05) is 22.0 Å². The van der Waals surface area contributed by atoms with E-state index in [1.807, 2.05) is 18.2 Å². The van der Waals surface area contributed by atoms with Gasteiger partial charge in [0.2, 0.25) is 0 Å². The lowest BCUT2D eigenvalue weighted by Crippen LogP contribution is -2.28. The van der Waals surface area contributed by atoms with Gasteiger partial charge < -0.3 is 14.6 Å². The highest BCUT2D eigenvalue weighted by Gasteiger charge is 2.25. The summed E-state index contributed by atoms with van der Waals surface area (Å²) in [6.45, 7) is 0.641. The van der Waals surface area contributed by atoms with Crippen LogP contribution in [0.5, 0.6) is 0 Å². The Hall–Kier alpha value is -2.38. The van der Waals surface area contributed by atoms with Gasteiger partial charge in [0.05, 0.1) is 0 Å². The van der Waals surface area contributed by atoms with Crippen LogP contribution in [0, 0.1) is 0 Å². The van der Waals surface area contributed by atoms with Crippen molar-refractivity contribution >= 4 is 55.0 Å². The number of carbonyl (C=O) groups excluding carboxylic acids is 2. The summed E-state index contributed by atoms with van der Waals surface area (Å²) in [5.74, 6) is -0.271. The number of benzene rings is 2. The fraction of sp³-hybridized carbons (Fsp3) is 0.100. The van der Waals surface area contributed by atoms with Crippen LogP contribution in [0.4, 0.5) is 11.4 Å². The Morgan fingerprint density at radius 1 is 1.04 bits per heavy atom. The molecule has 0 atom stereocenters. The number of fused-ring (bicyclic) bond motifs is 1. The van der Waals surface area contributed by atoms with Crippen molar-refractivity contribution in [2.24, 2.45) is 0 Å². The summed E-state index contributed by atoms with van der Waals surface area (Å²) in [6.07, 6.45) is 0.824. The lowest BCUT2D eigenvalue weighted by Gasteiger charge is -2.18. The van der Waals surface area contributed by atoms with E-state index in [1.54, 1.807) is 41.3 Å². The first-order valence-corrected chi connectivity index (χ1v) is 9.87. The van der Waals surface area contributed by atoms with E-state index in [2.05, 4.69) is 37.2 Å². The zero-order chi connectivity index (χ0) is 19.0. The fourth-order valence-electron chi connectivity index (χ4n) is 3.10. The molecule has 7 heteroatoms. The first-order valence-electron chi connectivity index (χ1n) is 8.28. The van der Waals surface area contributed by atoms with Crippen molar-refractivity contribution in [2.45, 2.75) is 6.42 Å². The van der Waals surface area contributed by atoms with Crippen LogP contribution in [-0.4, -0.2) is 18.4 Å². The summed E-state index contributed by atoms with van der Waals surface area (Å²) >= 11 is 6.64. The van der Waals surface area contributed by atoms with E-state index in [9.17, 15) is 9.59 Å². The Balaban J connectivity index is 1.54. The molecule has 0 fully saturated rings. The molecule has 0 unspecified atom stereocenters. The number of hydrogen-bond acceptors (Lipinski definition) is 3. The third-order valence-corrected chi connectivity index (χ3v) is 5.27. The van der Waals surface area contributed by atoms with Crippen molar-refractivity contribution in [3.63, 3.8) is 0 Å². The molecule has 0 radical (unpaired) electrons. The minimum absolute atomic E-state index is 0.0899. The first kappa shape index (κ1) is 18.0. The second kappa shape index (κ2) is 7.32. The summed E-state index contributed by atoms with van der Waals surface area (Å²) < 4.78 is 6.74. The summed E-state index contributed by atoms with van der Waals surface area (Å²) in [6, 6.07) is 16.1. The number of anilines is 2. The van der Waals surface area contributed by atoms with E-state index < -0.39 is 0 Å². The molecule has 5 nitrogen and oxygen atoms in total. The minimum Gasteiger partial charge on any atom is -0.444 e. The van der Waals surface area contributed by atoms with E-state index in [4.69, 9.17) is 4.42 Å². The smallest absolute Gasteiger partial charge is 0.291 e. The van der Waals surface area contributed by atoms with Gasteiger partial charge in [-0.25, -0.2) is 0 Å². The van der Waals surface area contributed by atoms with Gasteiger partial charge >= 0.3 is 0 Å². The molecule has 0 bridgehead atoms. The Kier molecular flexibility index (Phi) is 4.88. The number of carbonyl (C=O) groups is 2. The summed E-state index contributed by atoms with van der Waals surface area (Å²) in [5, 5.41) is 2.75. The molecule has 136 valence electrons. The molecule has 2 aromatic carbocycles. The Morgan fingerprint density at radius 3 is 2.67 bits per heavy atom. The zero-order valence-corrected chi connectivity index (χ0v) is 17.2. The van der Waals surface area contributed by atoms with Crippen LogP contribution in [-0.2, 0) is 6.42 Å². The number of furan rings is 1. The van der Waals surface area contributed by atoms with E-state index in [0.717, 1.165) is 22.1 Å². The molecule has 0 saturated carbocycles. The van der Waals surface area contributed by atoms with Crippen molar-refractivity contribution in [1.29, 1.82) is 0 Å². The van der Waals surface area contributed by atoms with Gasteiger partial charge in [-0.2, -0.15) is 0 Å². The molecular formula is C20H14Br2N2O3. The van der Waals surface area contributed by atoms with E-state index in [1.165, 1.54) is 0 Å². The van der Waals surface area contributed by atoms with Crippen LogP contribution in [0.1, 0.15) is 26.5 Å². The normalized spacial score (nSPS) is 12.7. The monoisotopic (exact) mass is 488 g/mol. The van der Waals surface area contributed by atoms with Gasteiger partial charge in [0.1, 0.15) is 0 Å². The van der Waals surface area contributed by atoms with E-state index in [-0.39, 0.29) is 17.6 Å². The van der Waals surface area contributed by atoms with Crippen molar-refractivity contribution in [3.8, 4) is 0 Å². The number of halogens is 2. The van der Waals surface area contributed by atoms with Crippen molar-refractivity contribution in [3.05, 3.63) is 80.6 Å². The number of hydrogen-bond donors (Lipinski definition) is 1. The maximum Gasteiger partial charge on any atom is 0.291 e. The number of amides is 2. The van der Waals surface area contributed by atoms with Gasteiger partial charge in [-0.15, -0.1) is 0 Å². The topological polar surface area (TPSA) is 62.6 Å². The maximum atomic E-state index is 13.0. The quantitative estimate of drug-likeness (QED) is 0.545. The van der Waals surface area contributed by atoms with Crippen LogP contribution in [0.3, 0.4) is 0 Å². The van der Waals surface area contributed by atoms with Crippen LogP contribution >= 0.6 is 31.9 Å². The third-order valence-electron chi connectivity index (χ3n) is 4.35. The second-order valence-electron chi connectivity index (χ2n) is 6.12. The van der Waals surface area contributed by atoms with Crippen LogP contribution in [0.2, 0.25) is 0 Å². The highest BCUT2D eigenvalue weighted by molar-refractivity contribution is 9.10. The lowest BCUT2D eigenvalue weighted by molar-refractivity contribution is 0.0982. The SMILES string of the molecule is O=C(Nc1cccc(C(=O)N2CCc3cc(Br)ccc32)c1)c1ccc(Br)o1. The zero-order valence-electron chi connectivity index (χ0n) is 14.0. The number of nitrogens with zero attached hydrogens (tertiary/aromatic N) is 1. The summed E-state index contributed by atoms with van der Waals surface area (Å²) in [5.41, 5.74) is 3.13. The van der Waals surface area contributed by atoms with Gasteiger partial charge in [-0.3, -0.25) is 9.59 Å². The second-order valence-corrected chi connectivity index (χ2v) is 7.82. The van der Waals surface area contributed by atoms with Crippen molar-refractivity contribution in [2.75, 3.05) is 16.8 Å². The largest absolute Gasteiger partial charge is 0.444 e. The molecule has 2 heterocycles. The van der Waals surface area contributed by atoms with Crippen LogP contribution in [0.25, 0.3) is 0 Å². The fourth-order valence-corrected chi connectivity index (χ4v) is 3.81. The van der Waals surface area contributed by atoms with Crippen molar-refractivity contribution < 1.29 is 14.0 Å². The standard InChI is InChI=1S/C20H14Br2N2O3/c21-14-4-5-16-12(10-14)8-9-24(16)20(26)13-2-1-3-15(11-13)23-19(25)17-6-7-18(22)27-17/h1-7,10-11H,8-9H2,(H,23,25). The molecule has 1 N–H and O–H groups in total. The van der Waals surface area contributed by atoms with Crippen molar-refractivity contribution in [1.82, 2.24) is 0 Å². The predicted octanol–water partition coefficient (Wildman–Crippen LogP) is 5.26. The molecule has 0 spiro atoms. The summed E-state index contributed by atoms with van der Waals surface area (Å²) in [7, 11) is 0. The molecular weight excluding hydrogens is 476 g/mol. The molecule has 27 heavy (non-hydrogen) atoms. The highest BCUT2D eigenvalue weighted by Crippen LogP contribution is 2.32. The average molecular weight is 490 g/mol. The van der Waals surface area contributed by atoms with Crippen LogP contribution < -0.4 is 10.2 Å². The predicted molar refractivity (Wildman–Crippen MR) is 110 cm³/mol. The molecule has 4 rings (SSSR count). The Labute approximate surface area is 172 Å². The molecule has 1 aliphatic rings. The maximum absolute atomic E-state index is 13.0. The van der Waals surface area contributed by atoms with E-state index in [0.29, 0.717) is 22.5 Å². The molecule has 1 aliphatic heterocycles. The first-order chi connectivity index (χ1) is 13.0. The third kappa shape index (κ3) is 3.70. The van der Waals surface area contributed by atoms with Crippen LogP contribution in [0.15, 0.2) is 68.2 Å². The molecule has 0 aliphatic carbocycles. The van der Waals surface area contributed by atoms with Gasteiger partial charge in [0, 0.05) is 28.0 Å². The Morgan fingerprint density at radius 2 is 1.89 bits per heavy atom. The van der Waals surface area contributed by atoms with Gasteiger partial charge in [0.25, 0.3) is 11.8 Å². The number of rotatable bonds is 3. The number of nitrogens with one attached hydrogen (secondary N) is 1. The molecule has 1 aromatic heterocycles. The van der Waals surface area contributed by atoms with Gasteiger partial charge in [-0.05, 0) is 76.4 Å². The minimum atomic E-state index is -0.373. The average Bonchev–Trinajstić information content (AvgIpc) is 3.27. The molecule has 0 saturated heterocycles. The summed E-state index contributed by atoms with van der Waals surface area (Å²) in [4.78, 5) is 27.0. The van der Waals surface area contributed by atoms with E-state index >= 15 is 0 Å². The lowest BCUT2D eigenvalue weighted by atomic mass is 10.1.